The molecule has 24 heavy (non-hydrogen) atoms. The van der Waals surface area contributed by atoms with Crippen LogP contribution in [0.5, 0.6) is 0 Å². The van der Waals surface area contributed by atoms with Crippen LogP contribution in [0.25, 0.3) is 0 Å². The van der Waals surface area contributed by atoms with E-state index in [1.54, 1.807) is 6.07 Å². The standard InChI is InChI=1S/C16H12Cl2FN5/c17-11-3-1-10(2-4-11)8-20-16-23-15(9-21-24-16)22-12-5-6-14(19)13(18)7-12/h1-7,9H,8H2,(H2,20,22,23,24). The van der Waals surface area contributed by atoms with Crippen molar-refractivity contribution in [2.45, 2.75) is 6.54 Å². The van der Waals surface area contributed by atoms with Gasteiger partial charge in [0, 0.05) is 17.3 Å². The molecule has 0 aliphatic heterocycles. The maximum atomic E-state index is 13.2. The molecule has 8 heteroatoms. The predicted octanol–water partition coefficient (Wildman–Crippen LogP) is 4.67. The lowest BCUT2D eigenvalue weighted by atomic mass is 10.2. The minimum Gasteiger partial charge on any atom is -0.349 e. The summed E-state index contributed by atoms with van der Waals surface area (Å²) in [5.41, 5.74) is 1.64. The first-order valence-electron chi connectivity index (χ1n) is 7.00. The Labute approximate surface area is 147 Å². The molecule has 0 spiro atoms. The van der Waals surface area contributed by atoms with Gasteiger partial charge in [0.15, 0.2) is 5.82 Å². The van der Waals surface area contributed by atoms with Crippen LogP contribution in [-0.2, 0) is 6.54 Å². The highest BCUT2D eigenvalue weighted by molar-refractivity contribution is 6.31. The topological polar surface area (TPSA) is 62.7 Å². The first-order valence-corrected chi connectivity index (χ1v) is 7.76. The van der Waals surface area contributed by atoms with Gasteiger partial charge in [-0.3, -0.25) is 0 Å². The van der Waals surface area contributed by atoms with Crippen LogP contribution in [0.4, 0.5) is 21.8 Å². The van der Waals surface area contributed by atoms with Crippen LogP contribution >= 0.6 is 23.2 Å². The number of nitrogens with one attached hydrogen (secondary N) is 2. The largest absolute Gasteiger partial charge is 0.349 e. The SMILES string of the molecule is Fc1ccc(Nc2cnnc(NCc3ccc(Cl)cc3)n2)cc1Cl. The van der Waals surface area contributed by atoms with Gasteiger partial charge in [-0.2, -0.15) is 10.1 Å². The van der Waals surface area contributed by atoms with Gasteiger partial charge in [0.1, 0.15) is 5.82 Å². The number of benzene rings is 2. The van der Waals surface area contributed by atoms with Crippen molar-refractivity contribution in [1.82, 2.24) is 15.2 Å². The van der Waals surface area contributed by atoms with E-state index in [4.69, 9.17) is 23.2 Å². The molecule has 2 N–H and O–H groups in total. The lowest BCUT2D eigenvalue weighted by Gasteiger charge is -2.08. The maximum absolute atomic E-state index is 13.2. The van der Waals surface area contributed by atoms with E-state index < -0.39 is 5.82 Å². The van der Waals surface area contributed by atoms with Crippen LogP contribution in [0.3, 0.4) is 0 Å². The Morgan fingerprint density at radius 1 is 1.04 bits per heavy atom. The predicted molar refractivity (Wildman–Crippen MR) is 93.3 cm³/mol. The van der Waals surface area contributed by atoms with Crippen LogP contribution < -0.4 is 10.6 Å². The Bertz CT molecular complexity index is 842. The molecular weight excluding hydrogens is 352 g/mol. The van der Waals surface area contributed by atoms with Crippen LogP contribution in [0, 0.1) is 5.82 Å². The molecule has 0 radical (unpaired) electrons. The Morgan fingerprint density at radius 2 is 1.83 bits per heavy atom. The summed E-state index contributed by atoms with van der Waals surface area (Å²) in [6.07, 6.45) is 1.46. The van der Waals surface area contributed by atoms with Crippen LogP contribution in [0.2, 0.25) is 10.0 Å². The molecule has 0 saturated carbocycles. The highest BCUT2D eigenvalue weighted by atomic mass is 35.5. The average molecular weight is 364 g/mol. The molecule has 3 rings (SSSR count). The van der Waals surface area contributed by atoms with E-state index >= 15 is 0 Å². The second kappa shape index (κ2) is 7.42. The van der Waals surface area contributed by atoms with E-state index in [1.807, 2.05) is 24.3 Å². The first-order chi connectivity index (χ1) is 11.6. The third-order valence-electron chi connectivity index (χ3n) is 3.11. The summed E-state index contributed by atoms with van der Waals surface area (Å²) in [4.78, 5) is 4.29. The lowest BCUT2D eigenvalue weighted by Crippen LogP contribution is -2.06. The van der Waals surface area contributed by atoms with Crippen molar-refractivity contribution < 1.29 is 4.39 Å². The number of halogens is 3. The number of nitrogens with zero attached hydrogens (tertiary/aromatic N) is 3. The molecule has 0 aliphatic rings. The zero-order valence-corrected chi connectivity index (χ0v) is 13.8. The molecular formula is C16H12Cl2FN5. The van der Waals surface area contributed by atoms with Crippen molar-refractivity contribution in [3.8, 4) is 0 Å². The molecule has 1 aromatic heterocycles. The molecule has 0 aliphatic carbocycles. The minimum atomic E-state index is -0.478. The third kappa shape index (κ3) is 4.31. The third-order valence-corrected chi connectivity index (χ3v) is 3.66. The summed E-state index contributed by atoms with van der Waals surface area (Å²) in [7, 11) is 0. The van der Waals surface area contributed by atoms with Crippen LogP contribution in [0.1, 0.15) is 5.56 Å². The fourth-order valence-electron chi connectivity index (χ4n) is 1.94. The number of aromatic nitrogens is 3. The second-order valence-electron chi connectivity index (χ2n) is 4.90. The molecule has 0 amide bonds. The summed E-state index contributed by atoms with van der Waals surface area (Å²) < 4.78 is 13.2. The van der Waals surface area contributed by atoms with Crippen molar-refractivity contribution in [2.24, 2.45) is 0 Å². The molecule has 0 atom stereocenters. The molecule has 0 bridgehead atoms. The van der Waals surface area contributed by atoms with Gasteiger partial charge in [0.2, 0.25) is 5.95 Å². The smallest absolute Gasteiger partial charge is 0.244 e. The first kappa shape index (κ1) is 16.4. The summed E-state index contributed by atoms with van der Waals surface area (Å²) in [6.45, 7) is 0.532. The molecule has 122 valence electrons. The van der Waals surface area contributed by atoms with Gasteiger partial charge < -0.3 is 10.6 Å². The Hall–Kier alpha value is -2.44. The van der Waals surface area contributed by atoms with E-state index in [-0.39, 0.29) is 5.02 Å². The second-order valence-corrected chi connectivity index (χ2v) is 5.74. The van der Waals surface area contributed by atoms with Gasteiger partial charge in [-0.1, -0.05) is 35.3 Å². The van der Waals surface area contributed by atoms with Gasteiger partial charge in [-0.15, -0.1) is 5.10 Å². The van der Waals surface area contributed by atoms with Crippen molar-refractivity contribution in [1.29, 1.82) is 0 Å². The van der Waals surface area contributed by atoms with Crippen molar-refractivity contribution in [3.63, 3.8) is 0 Å². The minimum absolute atomic E-state index is 0.0307. The van der Waals surface area contributed by atoms with Crippen LogP contribution in [-0.4, -0.2) is 15.2 Å². The van der Waals surface area contributed by atoms with Gasteiger partial charge >= 0.3 is 0 Å². The van der Waals surface area contributed by atoms with Gasteiger partial charge in [-0.25, -0.2) is 4.39 Å². The fraction of sp³-hybridized carbons (Fsp3) is 0.0625. The molecule has 2 aromatic carbocycles. The highest BCUT2D eigenvalue weighted by Crippen LogP contribution is 2.22. The maximum Gasteiger partial charge on any atom is 0.244 e. The zero-order chi connectivity index (χ0) is 16.9. The van der Waals surface area contributed by atoms with E-state index in [1.165, 1.54) is 18.3 Å². The monoisotopic (exact) mass is 363 g/mol. The summed E-state index contributed by atoms with van der Waals surface area (Å²) >= 11 is 11.6. The van der Waals surface area contributed by atoms with Gasteiger partial charge in [0.05, 0.1) is 11.2 Å². The Kier molecular flexibility index (Phi) is 5.08. The number of anilines is 3. The number of hydrogen-bond donors (Lipinski definition) is 2. The van der Waals surface area contributed by atoms with E-state index in [0.717, 1.165) is 5.56 Å². The van der Waals surface area contributed by atoms with Crippen molar-refractivity contribution >= 4 is 40.7 Å². The Morgan fingerprint density at radius 3 is 2.58 bits per heavy atom. The molecule has 1 heterocycles. The number of hydrogen-bond acceptors (Lipinski definition) is 5. The quantitative estimate of drug-likeness (QED) is 0.689. The van der Waals surface area contributed by atoms with Crippen LogP contribution in [0.15, 0.2) is 48.7 Å². The average Bonchev–Trinajstić information content (AvgIpc) is 2.58. The van der Waals surface area contributed by atoms with Gasteiger partial charge in [-0.05, 0) is 35.9 Å². The summed E-state index contributed by atoms with van der Waals surface area (Å²) in [5.74, 6) is 0.350. The molecule has 0 unspecified atom stereocenters. The van der Waals surface area contributed by atoms with E-state index in [2.05, 4.69) is 25.8 Å². The normalized spacial score (nSPS) is 10.5. The summed E-state index contributed by atoms with van der Waals surface area (Å²) in [6, 6.07) is 11.8. The fourth-order valence-corrected chi connectivity index (χ4v) is 2.25. The highest BCUT2D eigenvalue weighted by Gasteiger charge is 2.04. The molecule has 0 fully saturated rings. The summed E-state index contributed by atoms with van der Waals surface area (Å²) in [5, 5.41) is 14.6. The zero-order valence-electron chi connectivity index (χ0n) is 12.3. The van der Waals surface area contributed by atoms with E-state index in [0.29, 0.717) is 29.0 Å². The molecule has 5 nitrogen and oxygen atoms in total. The van der Waals surface area contributed by atoms with Gasteiger partial charge in [0.25, 0.3) is 0 Å². The lowest BCUT2D eigenvalue weighted by molar-refractivity contribution is 0.628. The van der Waals surface area contributed by atoms with Crippen molar-refractivity contribution in [2.75, 3.05) is 10.6 Å². The molecule has 3 aromatic rings. The van der Waals surface area contributed by atoms with E-state index in [9.17, 15) is 4.39 Å². The molecule has 0 saturated heterocycles. The van der Waals surface area contributed by atoms with Crippen molar-refractivity contribution in [3.05, 3.63) is 70.1 Å². The Balaban J connectivity index is 1.67. The number of rotatable bonds is 5.